The van der Waals surface area contributed by atoms with Gasteiger partial charge in [0.25, 0.3) is 0 Å². The van der Waals surface area contributed by atoms with Gasteiger partial charge in [0.05, 0.1) is 0 Å². The highest BCUT2D eigenvalue weighted by Crippen LogP contribution is 2.50. The summed E-state index contributed by atoms with van der Waals surface area (Å²) in [6, 6.07) is 0. The molecule has 2 aliphatic carbocycles. The quantitative estimate of drug-likeness (QED) is 0.628. The number of hydrogen-bond acceptors (Lipinski definition) is 2. The molecule has 3 atom stereocenters. The number of hydrogen-bond donors (Lipinski definition) is 0. The number of fused-ring (bicyclic) bond motifs is 3. The van der Waals surface area contributed by atoms with Gasteiger partial charge in [0, 0.05) is 28.0 Å². The highest BCUT2D eigenvalue weighted by atomic mass is 35.5. The maximum absolute atomic E-state index is 11.8. The third-order valence-electron chi connectivity index (χ3n) is 4.58. The average molecular weight is 277 g/mol. The first kappa shape index (κ1) is 12.7. The number of ether oxygens (including phenoxy) is 1. The molecule has 0 aromatic rings. The molecule has 0 fully saturated rings. The van der Waals surface area contributed by atoms with E-state index >= 15 is 0 Å². The topological polar surface area (TPSA) is 26.3 Å². The zero-order chi connectivity index (χ0) is 13.9. The van der Waals surface area contributed by atoms with Crippen molar-refractivity contribution in [2.45, 2.75) is 33.8 Å². The molecular formula is C16H17ClO2. The van der Waals surface area contributed by atoms with Crippen LogP contribution in [0.4, 0.5) is 0 Å². The second-order valence-corrected chi connectivity index (χ2v) is 6.02. The minimum Gasteiger partial charge on any atom is -0.453 e. The molecule has 0 aromatic heterocycles. The molecule has 0 saturated carbocycles. The van der Waals surface area contributed by atoms with Gasteiger partial charge in [-0.1, -0.05) is 36.2 Å². The predicted molar refractivity (Wildman–Crippen MR) is 75.6 cm³/mol. The molecule has 3 heteroatoms. The first-order valence-corrected chi connectivity index (χ1v) is 6.98. The molecule has 0 N–H and O–H groups in total. The van der Waals surface area contributed by atoms with Crippen LogP contribution in [-0.4, -0.2) is 12.1 Å². The lowest BCUT2D eigenvalue weighted by Crippen LogP contribution is -2.24. The van der Waals surface area contributed by atoms with Gasteiger partial charge in [-0.25, -0.2) is 4.79 Å². The van der Waals surface area contributed by atoms with E-state index in [9.17, 15) is 4.79 Å². The summed E-state index contributed by atoms with van der Waals surface area (Å²) < 4.78 is 5.60. The van der Waals surface area contributed by atoms with Crippen molar-refractivity contribution in [1.82, 2.24) is 0 Å². The van der Waals surface area contributed by atoms with Crippen molar-refractivity contribution in [1.29, 1.82) is 0 Å². The molecule has 0 amide bonds. The van der Waals surface area contributed by atoms with Crippen LogP contribution in [0.1, 0.15) is 27.7 Å². The smallest absolute Gasteiger partial charge is 0.334 e. The SMILES string of the molecule is CC1=C2C(C)C(Cl)=C(C)C2C2OC(=O)C(C)=C2C=C1. The summed E-state index contributed by atoms with van der Waals surface area (Å²) in [7, 11) is 0. The van der Waals surface area contributed by atoms with Gasteiger partial charge < -0.3 is 4.74 Å². The van der Waals surface area contributed by atoms with E-state index in [2.05, 4.69) is 19.9 Å². The summed E-state index contributed by atoms with van der Waals surface area (Å²) in [6.45, 7) is 8.11. The van der Waals surface area contributed by atoms with E-state index in [4.69, 9.17) is 16.3 Å². The van der Waals surface area contributed by atoms with Crippen molar-refractivity contribution >= 4 is 17.6 Å². The Morgan fingerprint density at radius 1 is 1.21 bits per heavy atom. The number of esters is 1. The average Bonchev–Trinajstić information content (AvgIpc) is 2.70. The molecule has 100 valence electrons. The number of carbonyl (C=O) groups is 1. The van der Waals surface area contributed by atoms with Crippen molar-refractivity contribution in [2.24, 2.45) is 11.8 Å². The Kier molecular flexibility index (Phi) is 2.75. The Labute approximate surface area is 118 Å². The number of allylic oxidation sites excluding steroid dienone is 3. The maximum Gasteiger partial charge on any atom is 0.334 e. The zero-order valence-corrected chi connectivity index (χ0v) is 12.3. The molecule has 0 aromatic carbocycles. The molecule has 19 heavy (non-hydrogen) atoms. The normalized spacial score (nSPS) is 33.7. The van der Waals surface area contributed by atoms with Crippen LogP contribution < -0.4 is 0 Å². The summed E-state index contributed by atoms with van der Waals surface area (Å²) in [4.78, 5) is 11.8. The molecule has 3 rings (SSSR count). The molecular weight excluding hydrogens is 260 g/mol. The lowest BCUT2D eigenvalue weighted by molar-refractivity contribution is -0.140. The third kappa shape index (κ3) is 1.59. The molecule has 0 spiro atoms. The summed E-state index contributed by atoms with van der Waals surface area (Å²) in [5, 5.41) is 0.898. The van der Waals surface area contributed by atoms with Crippen LogP contribution in [-0.2, 0) is 9.53 Å². The summed E-state index contributed by atoms with van der Waals surface area (Å²) in [6.07, 6.45) is 3.91. The fourth-order valence-electron chi connectivity index (χ4n) is 3.48. The van der Waals surface area contributed by atoms with Crippen molar-refractivity contribution in [3.8, 4) is 0 Å². The Bertz CT molecular complexity index is 604. The Morgan fingerprint density at radius 3 is 2.58 bits per heavy atom. The van der Waals surface area contributed by atoms with E-state index in [0.29, 0.717) is 0 Å². The van der Waals surface area contributed by atoms with E-state index in [-0.39, 0.29) is 23.9 Å². The number of rotatable bonds is 0. The highest BCUT2D eigenvalue weighted by molar-refractivity contribution is 6.30. The van der Waals surface area contributed by atoms with E-state index in [1.54, 1.807) is 0 Å². The largest absolute Gasteiger partial charge is 0.453 e. The third-order valence-corrected chi connectivity index (χ3v) is 5.20. The fraction of sp³-hybridized carbons (Fsp3) is 0.438. The second kappa shape index (κ2) is 4.11. The van der Waals surface area contributed by atoms with Crippen LogP contribution in [0, 0.1) is 11.8 Å². The van der Waals surface area contributed by atoms with Crippen molar-refractivity contribution in [3.05, 3.63) is 45.0 Å². The van der Waals surface area contributed by atoms with Gasteiger partial charge in [0.1, 0.15) is 6.10 Å². The van der Waals surface area contributed by atoms with Gasteiger partial charge in [0.15, 0.2) is 0 Å². The Morgan fingerprint density at radius 2 is 1.89 bits per heavy atom. The molecule has 3 unspecified atom stereocenters. The number of carbonyl (C=O) groups excluding carboxylic acids is 1. The van der Waals surface area contributed by atoms with Gasteiger partial charge in [-0.15, -0.1) is 0 Å². The van der Waals surface area contributed by atoms with Crippen LogP contribution in [0.2, 0.25) is 0 Å². The Hall–Kier alpha value is -1.28. The molecule has 0 bridgehead atoms. The van der Waals surface area contributed by atoms with E-state index < -0.39 is 0 Å². The molecule has 0 radical (unpaired) electrons. The van der Waals surface area contributed by atoms with Crippen molar-refractivity contribution < 1.29 is 9.53 Å². The van der Waals surface area contributed by atoms with Gasteiger partial charge in [-0.3, -0.25) is 0 Å². The first-order valence-electron chi connectivity index (χ1n) is 6.60. The minimum absolute atomic E-state index is 0.105. The molecule has 2 nitrogen and oxygen atoms in total. The summed E-state index contributed by atoms with van der Waals surface area (Å²) in [5.41, 5.74) is 5.39. The van der Waals surface area contributed by atoms with E-state index in [1.807, 2.05) is 19.9 Å². The summed E-state index contributed by atoms with van der Waals surface area (Å²) >= 11 is 6.43. The standard InChI is InChI=1S/C16H17ClO2/c1-7-5-6-11-8(2)16(18)19-15(11)13-10(4)14(17)9(3)12(7)13/h5-6,9,13,15H,1-4H3. The highest BCUT2D eigenvalue weighted by Gasteiger charge is 2.45. The van der Waals surface area contributed by atoms with Crippen LogP contribution in [0.3, 0.4) is 0 Å². The molecule has 1 aliphatic heterocycles. The summed E-state index contributed by atoms with van der Waals surface area (Å²) in [5.74, 6) is 0.121. The van der Waals surface area contributed by atoms with E-state index in [0.717, 1.165) is 21.8 Å². The lowest BCUT2D eigenvalue weighted by atomic mass is 9.85. The predicted octanol–water partition coefficient (Wildman–Crippen LogP) is 3.89. The van der Waals surface area contributed by atoms with Crippen LogP contribution in [0.15, 0.2) is 45.0 Å². The first-order chi connectivity index (χ1) is 8.93. The van der Waals surface area contributed by atoms with E-state index in [1.165, 1.54) is 11.1 Å². The molecule has 0 saturated heterocycles. The minimum atomic E-state index is -0.202. The zero-order valence-electron chi connectivity index (χ0n) is 11.6. The van der Waals surface area contributed by atoms with Gasteiger partial charge in [-0.2, -0.15) is 0 Å². The monoisotopic (exact) mass is 276 g/mol. The number of halogens is 1. The van der Waals surface area contributed by atoms with Crippen molar-refractivity contribution in [2.75, 3.05) is 0 Å². The van der Waals surface area contributed by atoms with Crippen LogP contribution in [0.25, 0.3) is 0 Å². The Balaban J connectivity index is 2.20. The molecule has 3 aliphatic rings. The maximum atomic E-state index is 11.8. The fourth-order valence-corrected chi connectivity index (χ4v) is 3.72. The second-order valence-electron chi connectivity index (χ2n) is 5.61. The van der Waals surface area contributed by atoms with Gasteiger partial charge >= 0.3 is 5.97 Å². The molecule has 1 heterocycles. The van der Waals surface area contributed by atoms with Crippen LogP contribution in [0.5, 0.6) is 0 Å². The van der Waals surface area contributed by atoms with Crippen molar-refractivity contribution in [3.63, 3.8) is 0 Å². The van der Waals surface area contributed by atoms with Crippen LogP contribution >= 0.6 is 11.6 Å². The lowest BCUT2D eigenvalue weighted by Gasteiger charge is -2.23. The van der Waals surface area contributed by atoms with Gasteiger partial charge in [-0.05, 0) is 31.9 Å². The van der Waals surface area contributed by atoms with Gasteiger partial charge in [0.2, 0.25) is 0 Å².